The summed E-state index contributed by atoms with van der Waals surface area (Å²) in [5.41, 5.74) is 0.111. The van der Waals surface area contributed by atoms with Crippen molar-refractivity contribution in [2.24, 2.45) is 0 Å². The SMILES string of the molecule is COC(=O)Cc1ccc(C2CCCCC2)c(C(F)(F)F)c1. The van der Waals surface area contributed by atoms with Crippen LogP contribution in [0.25, 0.3) is 0 Å². The van der Waals surface area contributed by atoms with Crippen molar-refractivity contribution in [3.05, 3.63) is 34.9 Å². The van der Waals surface area contributed by atoms with E-state index in [4.69, 9.17) is 0 Å². The lowest BCUT2D eigenvalue weighted by atomic mass is 9.81. The maximum Gasteiger partial charge on any atom is 0.416 e. The van der Waals surface area contributed by atoms with Crippen LogP contribution in [0.2, 0.25) is 0 Å². The molecule has 1 aromatic carbocycles. The van der Waals surface area contributed by atoms with Crippen LogP contribution in [-0.4, -0.2) is 13.1 Å². The second kappa shape index (κ2) is 6.50. The molecule has 1 fully saturated rings. The van der Waals surface area contributed by atoms with Gasteiger partial charge < -0.3 is 4.74 Å². The first-order valence-electron chi connectivity index (χ1n) is 7.18. The van der Waals surface area contributed by atoms with E-state index in [-0.39, 0.29) is 12.3 Å². The summed E-state index contributed by atoms with van der Waals surface area (Å²) in [6.07, 6.45) is 0.137. The number of esters is 1. The lowest BCUT2D eigenvalue weighted by Gasteiger charge is -2.25. The fourth-order valence-corrected chi connectivity index (χ4v) is 2.97. The third-order valence-electron chi connectivity index (χ3n) is 4.04. The Balaban J connectivity index is 2.33. The van der Waals surface area contributed by atoms with Crippen molar-refractivity contribution in [1.29, 1.82) is 0 Å². The van der Waals surface area contributed by atoms with Gasteiger partial charge >= 0.3 is 12.1 Å². The molecule has 0 aromatic heterocycles. The summed E-state index contributed by atoms with van der Waals surface area (Å²) in [4.78, 5) is 11.2. The minimum atomic E-state index is -4.39. The van der Waals surface area contributed by atoms with Gasteiger partial charge in [0.15, 0.2) is 0 Å². The van der Waals surface area contributed by atoms with E-state index in [1.165, 1.54) is 13.2 Å². The molecule has 0 atom stereocenters. The van der Waals surface area contributed by atoms with Crippen LogP contribution in [0.5, 0.6) is 0 Å². The zero-order valence-electron chi connectivity index (χ0n) is 12.0. The number of benzene rings is 1. The van der Waals surface area contributed by atoms with E-state index >= 15 is 0 Å². The van der Waals surface area contributed by atoms with Crippen LogP contribution in [0.15, 0.2) is 18.2 Å². The van der Waals surface area contributed by atoms with E-state index in [1.54, 1.807) is 6.07 Å². The first-order chi connectivity index (χ1) is 9.91. The van der Waals surface area contributed by atoms with Crippen LogP contribution in [-0.2, 0) is 22.1 Å². The highest BCUT2D eigenvalue weighted by Gasteiger charge is 2.35. The molecule has 0 radical (unpaired) electrons. The molecule has 2 nitrogen and oxygen atoms in total. The number of alkyl halides is 3. The molecule has 5 heteroatoms. The van der Waals surface area contributed by atoms with E-state index in [0.29, 0.717) is 11.1 Å². The number of halogens is 3. The van der Waals surface area contributed by atoms with Gasteiger partial charge in [-0.1, -0.05) is 31.4 Å². The normalized spacial score (nSPS) is 16.8. The third-order valence-corrected chi connectivity index (χ3v) is 4.04. The van der Waals surface area contributed by atoms with Gasteiger partial charge in [-0.2, -0.15) is 13.2 Å². The summed E-state index contributed by atoms with van der Waals surface area (Å²) >= 11 is 0. The third kappa shape index (κ3) is 3.99. The van der Waals surface area contributed by atoms with Crippen LogP contribution in [0, 0.1) is 0 Å². The van der Waals surface area contributed by atoms with Crippen LogP contribution in [0.1, 0.15) is 54.7 Å². The quantitative estimate of drug-likeness (QED) is 0.770. The Morgan fingerprint density at radius 1 is 1.24 bits per heavy atom. The van der Waals surface area contributed by atoms with Crippen LogP contribution < -0.4 is 0 Å². The highest BCUT2D eigenvalue weighted by atomic mass is 19.4. The summed E-state index contributed by atoms with van der Waals surface area (Å²) < 4.78 is 44.4. The van der Waals surface area contributed by atoms with Crippen LogP contribution in [0.4, 0.5) is 13.2 Å². The number of rotatable bonds is 3. The molecule has 0 bridgehead atoms. The summed E-state index contributed by atoms with van der Waals surface area (Å²) in [6.45, 7) is 0. The van der Waals surface area contributed by atoms with Gasteiger partial charge in [-0.15, -0.1) is 0 Å². The van der Waals surface area contributed by atoms with Crippen molar-refractivity contribution in [1.82, 2.24) is 0 Å². The second-order valence-corrected chi connectivity index (χ2v) is 5.51. The summed E-state index contributed by atoms with van der Waals surface area (Å²) in [6, 6.07) is 4.24. The largest absolute Gasteiger partial charge is 0.469 e. The van der Waals surface area contributed by atoms with Crippen molar-refractivity contribution in [3.8, 4) is 0 Å². The fraction of sp³-hybridized carbons (Fsp3) is 0.562. The fourth-order valence-electron chi connectivity index (χ4n) is 2.97. The maximum absolute atomic E-state index is 13.3. The zero-order valence-corrected chi connectivity index (χ0v) is 12.0. The second-order valence-electron chi connectivity index (χ2n) is 5.51. The maximum atomic E-state index is 13.3. The number of hydrogen-bond donors (Lipinski definition) is 0. The lowest BCUT2D eigenvalue weighted by Crippen LogP contribution is -2.15. The standard InChI is InChI=1S/C16H19F3O2/c1-21-15(20)10-11-7-8-13(12-5-3-2-4-6-12)14(9-11)16(17,18)19/h7-9,12H,2-6,10H2,1H3. The van der Waals surface area contributed by atoms with Crippen molar-refractivity contribution in [3.63, 3.8) is 0 Å². The molecule has 1 aromatic rings. The van der Waals surface area contributed by atoms with Gasteiger partial charge in [0.25, 0.3) is 0 Å². The van der Waals surface area contributed by atoms with Gasteiger partial charge in [-0.25, -0.2) is 0 Å². The van der Waals surface area contributed by atoms with E-state index in [9.17, 15) is 18.0 Å². The highest BCUT2D eigenvalue weighted by molar-refractivity contribution is 5.72. The van der Waals surface area contributed by atoms with E-state index in [1.807, 2.05) is 0 Å². The minimum absolute atomic E-state index is 0.0254. The number of ether oxygens (including phenoxy) is 1. The van der Waals surface area contributed by atoms with E-state index in [2.05, 4.69) is 4.74 Å². The summed E-state index contributed by atoms with van der Waals surface area (Å²) in [5, 5.41) is 0. The predicted molar refractivity (Wildman–Crippen MR) is 73.0 cm³/mol. The molecule has 0 amide bonds. The molecule has 2 rings (SSSR count). The Morgan fingerprint density at radius 3 is 2.48 bits per heavy atom. The molecule has 116 valence electrons. The highest BCUT2D eigenvalue weighted by Crippen LogP contribution is 2.41. The summed E-state index contributed by atoms with van der Waals surface area (Å²) in [7, 11) is 1.23. The smallest absolute Gasteiger partial charge is 0.416 e. The monoisotopic (exact) mass is 300 g/mol. The molecule has 1 aliphatic carbocycles. The van der Waals surface area contributed by atoms with Crippen molar-refractivity contribution < 1.29 is 22.7 Å². The Morgan fingerprint density at radius 2 is 1.90 bits per heavy atom. The minimum Gasteiger partial charge on any atom is -0.469 e. The van der Waals surface area contributed by atoms with Crippen LogP contribution in [0.3, 0.4) is 0 Å². The average Bonchev–Trinajstić information content (AvgIpc) is 2.47. The molecule has 1 saturated carbocycles. The molecule has 0 saturated heterocycles. The molecular weight excluding hydrogens is 281 g/mol. The number of carbonyl (C=O) groups excluding carboxylic acids is 1. The van der Waals surface area contributed by atoms with Gasteiger partial charge in [-0.05, 0) is 36.0 Å². The average molecular weight is 300 g/mol. The van der Waals surface area contributed by atoms with Gasteiger partial charge in [0.05, 0.1) is 19.1 Å². The molecule has 0 N–H and O–H groups in total. The van der Waals surface area contributed by atoms with E-state index in [0.717, 1.165) is 38.2 Å². The Labute approximate surface area is 122 Å². The first kappa shape index (κ1) is 15.9. The zero-order chi connectivity index (χ0) is 15.5. The molecular formula is C16H19F3O2. The molecule has 0 unspecified atom stereocenters. The van der Waals surface area contributed by atoms with Gasteiger partial charge in [0.1, 0.15) is 0 Å². The Hall–Kier alpha value is -1.52. The molecule has 0 heterocycles. The van der Waals surface area contributed by atoms with Crippen molar-refractivity contribution in [2.45, 2.75) is 50.6 Å². The van der Waals surface area contributed by atoms with Gasteiger partial charge in [0, 0.05) is 0 Å². The van der Waals surface area contributed by atoms with Crippen LogP contribution >= 0.6 is 0 Å². The number of carbonyl (C=O) groups is 1. The Kier molecular flexibility index (Phi) is 4.91. The predicted octanol–water partition coefficient (Wildman–Crippen LogP) is 4.47. The number of methoxy groups -OCH3 is 1. The molecule has 21 heavy (non-hydrogen) atoms. The molecule has 0 aliphatic heterocycles. The van der Waals surface area contributed by atoms with Gasteiger partial charge in [0.2, 0.25) is 0 Å². The van der Waals surface area contributed by atoms with E-state index < -0.39 is 17.7 Å². The lowest BCUT2D eigenvalue weighted by molar-refractivity contribution is -0.141. The topological polar surface area (TPSA) is 26.3 Å². The van der Waals surface area contributed by atoms with Crippen molar-refractivity contribution in [2.75, 3.05) is 7.11 Å². The molecule has 0 spiro atoms. The Bertz CT molecular complexity index is 503. The first-order valence-corrected chi connectivity index (χ1v) is 7.18. The number of hydrogen-bond acceptors (Lipinski definition) is 2. The van der Waals surface area contributed by atoms with Crippen molar-refractivity contribution >= 4 is 5.97 Å². The summed E-state index contributed by atoms with van der Waals surface area (Å²) in [5.74, 6) is -0.559. The molecule has 1 aliphatic rings. The van der Waals surface area contributed by atoms with Gasteiger partial charge in [-0.3, -0.25) is 4.79 Å².